The van der Waals surface area contributed by atoms with Crippen molar-refractivity contribution in [2.24, 2.45) is 5.73 Å². The molecule has 0 aromatic heterocycles. The van der Waals surface area contributed by atoms with Crippen LogP contribution in [0, 0.1) is 0 Å². The third kappa shape index (κ3) is 2.95. The predicted octanol–water partition coefficient (Wildman–Crippen LogP) is -0.189. The average molecular weight is 257 g/mol. The van der Waals surface area contributed by atoms with E-state index >= 15 is 0 Å². The molecule has 7 heteroatoms. The number of primary amides is 1. The maximum atomic E-state index is 12.0. The maximum absolute atomic E-state index is 12.0. The van der Waals surface area contributed by atoms with Crippen molar-refractivity contribution in [2.75, 3.05) is 5.73 Å². The Labute approximate surface area is 100 Å². The van der Waals surface area contributed by atoms with Gasteiger partial charge in [-0.1, -0.05) is 12.1 Å². The van der Waals surface area contributed by atoms with E-state index in [4.69, 9.17) is 11.5 Å². The highest BCUT2D eigenvalue weighted by Crippen LogP contribution is 2.19. The Kier molecular flexibility index (Phi) is 3.44. The first-order valence-electron chi connectivity index (χ1n) is 4.85. The van der Waals surface area contributed by atoms with E-state index in [1.165, 1.54) is 26.0 Å². The van der Waals surface area contributed by atoms with Gasteiger partial charge in [0, 0.05) is 0 Å². The lowest BCUT2D eigenvalue weighted by molar-refractivity contribution is -0.122. The molecule has 0 fully saturated rings. The highest BCUT2D eigenvalue weighted by molar-refractivity contribution is 7.89. The number of anilines is 1. The normalized spacial score (nSPS) is 12.4. The summed E-state index contributed by atoms with van der Waals surface area (Å²) in [6, 6.07) is 5.98. The van der Waals surface area contributed by atoms with E-state index in [0.717, 1.165) is 0 Å². The van der Waals surface area contributed by atoms with Crippen molar-refractivity contribution in [2.45, 2.75) is 24.3 Å². The van der Waals surface area contributed by atoms with E-state index in [0.29, 0.717) is 0 Å². The molecule has 17 heavy (non-hydrogen) atoms. The molecule has 94 valence electrons. The molecular weight excluding hydrogens is 242 g/mol. The maximum Gasteiger partial charge on any atom is 0.243 e. The quantitative estimate of drug-likeness (QED) is 0.648. The van der Waals surface area contributed by atoms with Gasteiger partial charge in [0.05, 0.1) is 5.69 Å². The van der Waals surface area contributed by atoms with E-state index in [1.807, 2.05) is 0 Å². The van der Waals surface area contributed by atoms with Gasteiger partial charge in [0.1, 0.15) is 10.4 Å². The van der Waals surface area contributed by atoms with Crippen LogP contribution < -0.4 is 16.2 Å². The van der Waals surface area contributed by atoms with Crippen LogP contribution in [0.1, 0.15) is 13.8 Å². The number of sulfonamides is 1. The second-order valence-electron chi connectivity index (χ2n) is 4.13. The number of amides is 1. The molecule has 0 bridgehead atoms. The van der Waals surface area contributed by atoms with Gasteiger partial charge in [0.25, 0.3) is 0 Å². The smallest absolute Gasteiger partial charge is 0.243 e. The van der Waals surface area contributed by atoms with Gasteiger partial charge in [0.2, 0.25) is 15.9 Å². The van der Waals surface area contributed by atoms with Gasteiger partial charge >= 0.3 is 0 Å². The molecule has 5 N–H and O–H groups in total. The van der Waals surface area contributed by atoms with Crippen molar-refractivity contribution in [3.05, 3.63) is 24.3 Å². The monoisotopic (exact) mass is 257 g/mol. The molecule has 1 aromatic carbocycles. The van der Waals surface area contributed by atoms with Gasteiger partial charge in [-0.3, -0.25) is 4.79 Å². The van der Waals surface area contributed by atoms with Crippen LogP contribution in [0.4, 0.5) is 5.69 Å². The zero-order valence-corrected chi connectivity index (χ0v) is 10.4. The molecule has 0 saturated carbocycles. The van der Waals surface area contributed by atoms with Gasteiger partial charge in [-0.05, 0) is 26.0 Å². The number of nitrogens with one attached hydrogen (secondary N) is 1. The summed E-state index contributed by atoms with van der Waals surface area (Å²) in [4.78, 5) is 11.0. The van der Waals surface area contributed by atoms with E-state index in [9.17, 15) is 13.2 Å². The molecule has 0 heterocycles. The molecule has 1 rings (SSSR count). The Bertz CT molecular complexity index is 537. The van der Waals surface area contributed by atoms with Crippen molar-refractivity contribution in [1.29, 1.82) is 0 Å². The summed E-state index contributed by atoms with van der Waals surface area (Å²) < 4.78 is 26.2. The summed E-state index contributed by atoms with van der Waals surface area (Å²) >= 11 is 0. The second kappa shape index (κ2) is 4.34. The minimum Gasteiger partial charge on any atom is -0.398 e. The topological polar surface area (TPSA) is 115 Å². The highest BCUT2D eigenvalue weighted by Gasteiger charge is 2.31. The summed E-state index contributed by atoms with van der Waals surface area (Å²) in [6.45, 7) is 2.76. The molecule has 0 aliphatic rings. The Hall–Kier alpha value is -1.60. The predicted molar refractivity (Wildman–Crippen MR) is 64.4 cm³/mol. The lowest BCUT2D eigenvalue weighted by Crippen LogP contribution is -2.52. The molecule has 0 radical (unpaired) electrons. The largest absolute Gasteiger partial charge is 0.398 e. The van der Waals surface area contributed by atoms with E-state index in [-0.39, 0.29) is 10.6 Å². The number of carbonyl (C=O) groups excluding carboxylic acids is 1. The van der Waals surface area contributed by atoms with E-state index in [2.05, 4.69) is 4.72 Å². The number of nitrogen functional groups attached to an aromatic ring is 1. The van der Waals surface area contributed by atoms with Crippen LogP contribution >= 0.6 is 0 Å². The average Bonchev–Trinajstić information content (AvgIpc) is 2.16. The number of carbonyl (C=O) groups is 1. The zero-order valence-electron chi connectivity index (χ0n) is 9.60. The third-order valence-corrected chi connectivity index (χ3v) is 3.94. The van der Waals surface area contributed by atoms with Gasteiger partial charge in [-0.15, -0.1) is 0 Å². The minimum absolute atomic E-state index is 0.0747. The first kappa shape index (κ1) is 13.5. The van der Waals surface area contributed by atoms with Crippen LogP contribution in [0.3, 0.4) is 0 Å². The molecular formula is C10H15N3O3S. The van der Waals surface area contributed by atoms with Crippen molar-refractivity contribution in [1.82, 2.24) is 4.72 Å². The first-order valence-corrected chi connectivity index (χ1v) is 6.33. The van der Waals surface area contributed by atoms with Crippen LogP contribution in [-0.2, 0) is 14.8 Å². The van der Waals surface area contributed by atoms with Crippen LogP contribution in [0.2, 0.25) is 0 Å². The molecule has 0 unspecified atom stereocenters. The van der Waals surface area contributed by atoms with Crippen molar-refractivity contribution < 1.29 is 13.2 Å². The molecule has 0 spiro atoms. The summed E-state index contributed by atoms with van der Waals surface area (Å²) in [6.07, 6.45) is 0. The molecule has 1 aromatic rings. The summed E-state index contributed by atoms with van der Waals surface area (Å²) in [5.41, 5.74) is 9.40. The number of benzene rings is 1. The SMILES string of the molecule is CC(C)(NS(=O)(=O)c1ccccc1N)C(N)=O. The Morgan fingerprint density at radius 1 is 1.29 bits per heavy atom. The van der Waals surface area contributed by atoms with E-state index in [1.54, 1.807) is 12.1 Å². The second-order valence-corrected chi connectivity index (χ2v) is 5.78. The molecule has 0 aliphatic carbocycles. The Balaban J connectivity index is 3.15. The van der Waals surface area contributed by atoms with Crippen molar-refractivity contribution in [3.8, 4) is 0 Å². The van der Waals surface area contributed by atoms with Gasteiger partial charge in [0.15, 0.2) is 0 Å². The van der Waals surface area contributed by atoms with Gasteiger partial charge in [-0.25, -0.2) is 8.42 Å². The van der Waals surface area contributed by atoms with Crippen LogP contribution in [0.25, 0.3) is 0 Å². The first-order chi connectivity index (χ1) is 7.67. The standard InChI is InChI=1S/C10H15N3O3S/c1-10(2,9(12)14)13-17(15,16)8-6-4-3-5-7(8)11/h3-6,13H,11H2,1-2H3,(H2,12,14). The fourth-order valence-corrected chi connectivity index (χ4v) is 2.68. The molecule has 1 amide bonds. The lowest BCUT2D eigenvalue weighted by atomic mass is 10.1. The fourth-order valence-electron chi connectivity index (χ4n) is 1.17. The Morgan fingerprint density at radius 3 is 2.29 bits per heavy atom. The molecule has 0 saturated heterocycles. The van der Waals surface area contributed by atoms with E-state index < -0.39 is 21.5 Å². The number of hydrogen-bond acceptors (Lipinski definition) is 4. The highest BCUT2D eigenvalue weighted by atomic mass is 32.2. The van der Waals surface area contributed by atoms with Crippen molar-refractivity contribution >= 4 is 21.6 Å². The zero-order chi connectivity index (χ0) is 13.3. The molecule has 0 aliphatic heterocycles. The Morgan fingerprint density at radius 2 is 1.82 bits per heavy atom. The summed E-state index contributed by atoms with van der Waals surface area (Å²) in [7, 11) is -3.87. The number of rotatable bonds is 4. The molecule has 0 atom stereocenters. The van der Waals surface area contributed by atoms with Crippen LogP contribution in [-0.4, -0.2) is 19.9 Å². The molecule has 6 nitrogen and oxygen atoms in total. The summed E-state index contributed by atoms with van der Waals surface area (Å²) in [5.74, 6) is -0.768. The fraction of sp³-hybridized carbons (Fsp3) is 0.300. The third-order valence-electron chi connectivity index (χ3n) is 2.21. The number of nitrogens with two attached hydrogens (primary N) is 2. The van der Waals surface area contributed by atoms with Crippen molar-refractivity contribution in [3.63, 3.8) is 0 Å². The lowest BCUT2D eigenvalue weighted by Gasteiger charge is -2.22. The minimum atomic E-state index is -3.87. The van der Waals surface area contributed by atoms with Crippen LogP contribution in [0.15, 0.2) is 29.2 Å². The number of hydrogen-bond donors (Lipinski definition) is 3. The number of para-hydroxylation sites is 1. The van der Waals surface area contributed by atoms with Gasteiger partial charge in [-0.2, -0.15) is 4.72 Å². The van der Waals surface area contributed by atoms with Crippen LogP contribution in [0.5, 0.6) is 0 Å². The summed E-state index contributed by atoms with van der Waals surface area (Å²) in [5, 5.41) is 0. The van der Waals surface area contributed by atoms with Gasteiger partial charge < -0.3 is 11.5 Å².